The molecule has 1 atom stereocenters. The molecule has 44 heavy (non-hydrogen) atoms. The highest BCUT2D eigenvalue weighted by molar-refractivity contribution is 7.92. The molecule has 3 aromatic rings. The molecule has 0 unspecified atom stereocenters. The van der Waals surface area contributed by atoms with Crippen molar-refractivity contribution in [1.29, 1.82) is 0 Å². The Balaban J connectivity index is 1.68. The molecule has 4 rings (SSSR count). The van der Waals surface area contributed by atoms with E-state index in [2.05, 4.69) is 19.2 Å². The molecule has 236 valence electrons. The smallest absolute Gasteiger partial charge is 0.264 e. The topological polar surface area (TPSA) is 96.0 Å². The van der Waals surface area contributed by atoms with E-state index in [1.807, 2.05) is 31.2 Å². The van der Waals surface area contributed by atoms with Gasteiger partial charge in [-0.05, 0) is 80.1 Å². The minimum Gasteiger partial charge on any atom is -0.497 e. The van der Waals surface area contributed by atoms with Crippen molar-refractivity contribution in [2.45, 2.75) is 89.2 Å². The van der Waals surface area contributed by atoms with Gasteiger partial charge in [0.15, 0.2) is 0 Å². The third kappa shape index (κ3) is 8.20. The Morgan fingerprint density at radius 2 is 1.50 bits per heavy atom. The van der Waals surface area contributed by atoms with Crippen molar-refractivity contribution in [1.82, 2.24) is 10.2 Å². The molecule has 1 fully saturated rings. The molecular formula is C35H45N3O5S. The second-order valence-electron chi connectivity index (χ2n) is 12.0. The number of amides is 2. The van der Waals surface area contributed by atoms with E-state index in [-0.39, 0.29) is 29.3 Å². The summed E-state index contributed by atoms with van der Waals surface area (Å²) in [4.78, 5) is 29.3. The fourth-order valence-electron chi connectivity index (χ4n) is 5.47. The van der Waals surface area contributed by atoms with Crippen LogP contribution in [0, 0.1) is 6.92 Å². The first-order valence-corrected chi connectivity index (χ1v) is 16.9. The number of carbonyl (C=O) groups is 2. The van der Waals surface area contributed by atoms with Crippen molar-refractivity contribution in [3.05, 3.63) is 89.5 Å². The summed E-state index contributed by atoms with van der Waals surface area (Å²) < 4.78 is 34.6. The number of nitrogens with zero attached hydrogens (tertiary/aromatic N) is 2. The number of hydrogen-bond acceptors (Lipinski definition) is 5. The quantitative estimate of drug-likeness (QED) is 0.261. The van der Waals surface area contributed by atoms with Gasteiger partial charge < -0.3 is 15.0 Å². The third-order valence-corrected chi connectivity index (χ3v) is 10.2. The average Bonchev–Trinajstić information content (AvgIpc) is 3.03. The number of hydrogen-bond donors (Lipinski definition) is 1. The summed E-state index contributed by atoms with van der Waals surface area (Å²) in [6.45, 7) is 7.39. The predicted molar refractivity (Wildman–Crippen MR) is 174 cm³/mol. The van der Waals surface area contributed by atoms with Crippen LogP contribution >= 0.6 is 0 Å². The summed E-state index contributed by atoms with van der Waals surface area (Å²) in [5.74, 6) is 0.218. The van der Waals surface area contributed by atoms with Crippen LogP contribution in [0.5, 0.6) is 5.75 Å². The molecule has 1 saturated carbocycles. The molecule has 0 bridgehead atoms. The predicted octanol–water partition coefficient (Wildman–Crippen LogP) is 6.19. The zero-order valence-electron chi connectivity index (χ0n) is 26.5. The lowest BCUT2D eigenvalue weighted by Crippen LogP contribution is -2.53. The Bertz CT molecular complexity index is 1500. The van der Waals surface area contributed by atoms with Gasteiger partial charge >= 0.3 is 0 Å². The molecule has 2 amide bonds. The van der Waals surface area contributed by atoms with Gasteiger partial charge in [0.1, 0.15) is 18.3 Å². The van der Waals surface area contributed by atoms with Gasteiger partial charge in [0.2, 0.25) is 11.8 Å². The molecule has 9 heteroatoms. The Hall–Kier alpha value is -3.85. The van der Waals surface area contributed by atoms with Gasteiger partial charge in [0.25, 0.3) is 10.0 Å². The van der Waals surface area contributed by atoms with Crippen molar-refractivity contribution in [2.75, 3.05) is 18.0 Å². The maximum Gasteiger partial charge on any atom is 0.264 e. The molecule has 0 saturated heterocycles. The van der Waals surface area contributed by atoms with Crippen molar-refractivity contribution in [3.63, 3.8) is 0 Å². The van der Waals surface area contributed by atoms with Crippen LogP contribution in [0.4, 0.5) is 5.69 Å². The SMILES string of the molecule is COc1ccc(CN(C(=O)CN(c2ccc(C(C)C)cc2)S(=O)(=O)c2ccc(C)cc2)[C@@H](C)C(=O)NC2CCCCC2)cc1. The molecule has 0 aromatic heterocycles. The first-order valence-electron chi connectivity index (χ1n) is 15.4. The summed E-state index contributed by atoms with van der Waals surface area (Å²) in [6.07, 6.45) is 5.12. The molecule has 0 spiro atoms. The fraction of sp³-hybridized carbons (Fsp3) is 0.429. The van der Waals surface area contributed by atoms with Gasteiger partial charge in [-0.1, -0.05) is 75.1 Å². The monoisotopic (exact) mass is 619 g/mol. The van der Waals surface area contributed by atoms with Crippen LogP contribution < -0.4 is 14.4 Å². The lowest BCUT2D eigenvalue weighted by molar-refractivity contribution is -0.139. The number of sulfonamides is 1. The zero-order chi connectivity index (χ0) is 31.9. The van der Waals surface area contributed by atoms with Gasteiger partial charge in [-0.2, -0.15) is 0 Å². The van der Waals surface area contributed by atoms with Crippen LogP contribution in [-0.2, 0) is 26.2 Å². The van der Waals surface area contributed by atoms with E-state index >= 15 is 0 Å². The highest BCUT2D eigenvalue weighted by atomic mass is 32.2. The van der Waals surface area contributed by atoms with E-state index < -0.39 is 28.5 Å². The molecule has 1 N–H and O–H groups in total. The third-order valence-electron chi connectivity index (χ3n) is 8.37. The van der Waals surface area contributed by atoms with Gasteiger partial charge in [0, 0.05) is 12.6 Å². The van der Waals surface area contributed by atoms with E-state index in [0.717, 1.165) is 53.1 Å². The Morgan fingerprint density at radius 3 is 2.07 bits per heavy atom. The maximum absolute atomic E-state index is 14.2. The van der Waals surface area contributed by atoms with Crippen molar-refractivity contribution >= 4 is 27.5 Å². The normalized spacial score (nSPS) is 14.6. The van der Waals surface area contributed by atoms with Crippen LogP contribution in [0.15, 0.2) is 77.7 Å². The van der Waals surface area contributed by atoms with Gasteiger partial charge in [-0.15, -0.1) is 0 Å². The standard InChI is InChI=1S/C35H45N3O5S/c1-25(2)29-15-17-31(18-16-29)38(44(41,42)33-21-11-26(3)12-22-33)24-34(39)37(23-28-13-19-32(43-5)20-14-28)27(4)35(40)36-30-9-7-6-8-10-30/h11-22,25,27,30H,6-10,23-24H2,1-5H3,(H,36,40)/t27-/m0/s1. The van der Waals surface area contributed by atoms with Crippen LogP contribution in [0.25, 0.3) is 0 Å². The maximum atomic E-state index is 14.2. The van der Waals surface area contributed by atoms with E-state index in [1.54, 1.807) is 62.6 Å². The minimum atomic E-state index is -4.11. The molecular weight excluding hydrogens is 574 g/mol. The van der Waals surface area contributed by atoms with E-state index in [4.69, 9.17) is 4.74 Å². The number of methoxy groups -OCH3 is 1. The first-order chi connectivity index (χ1) is 21.0. The number of benzene rings is 3. The number of rotatable bonds is 12. The second kappa shape index (κ2) is 14.8. The second-order valence-corrected chi connectivity index (χ2v) is 13.8. The molecule has 0 heterocycles. The Kier molecular flexibility index (Phi) is 11.1. The van der Waals surface area contributed by atoms with Gasteiger partial charge in [-0.25, -0.2) is 8.42 Å². The molecule has 1 aliphatic rings. The molecule has 8 nitrogen and oxygen atoms in total. The number of aryl methyl sites for hydroxylation is 1. The number of ether oxygens (including phenoxy) is 1. The molecule has 0 aliphatic heterocycles. The number of nitrogens with one attached hydrogen (secondary N) is 1. The summed E-state index contributed by atoms with van der Waals surface area (Å²) in [6, 6.07) is 20.4. The molecule has 1 aliphatic carbocycles. The lowest BCUT2D eigenvalue weighted by atomic mass is 9.95. The Labute approximate surface area is 262 Å². The lowest BCUT2D eigenvalue weighted by Gasteiger charge is -2.33. The highest BCUT2D eigenvalue weighted by Crippen LogP contribution is 2.27. The Morgan fingerprint density at radius 1 is 0.886 bits per heavy atom. The highest BCUT2D eigenvalue weighted by Gasteiger charge is 2.33. The average molecular weight is 620 g/mol. The van der Waals surface area contributed by atoms with Crippen LogP contribution in [0.2, 0.25) is 0 Å². The minimum absolute atomic E-state index is 0.0783. The molecule has 0 radical (unpaired) electrons. The van der Waals surface area contributed by atoms with E-state index in [0.29, 0.717) is 11.4 Å². The van der Waals surface area contributed by atoms with E-state index in [1.165, 1.54) is 4.90 Å². The largest absolute Gasteiger partial charge is 0.497 e. The summed E-state index contributed by atoms with van der Waals surface area (Å²) in [5, 5.41) is 3.14. The fourth-order valence-corrected chi connectivity index (χ4v) is 6.88. The van der Waals surface area contributed by atoms with Crippen molar-refractivity contribution in [3.8, 4) is 5.75 Å². The van der Waals surface area contributed by atoms with Crippen LogP contribution in [-0.4, -0.2) is 50.9 Å². The van der Waals surface area contributed by atoms with Crippen LogP contribution in [0.1, 0.15) is 75.5 Å². The number of anilines is 1. The number of carbonyl (C=O) groups excluding carboxylic acids is 2. The van der Waals surface area contributed by atoms with Crippen LogP contribution in [0.3, 0.4) is 0 Å². The van der Waals surface area contributed by atoms with Gasteiger partial charge in [-0.3, -0.25) is 13.9 Å². The first kappa shape index (κ1) is 33.1. The van der Waals surface area contributed by atoms with E-state index in [9.17, 15) is 18.0 Å². The van der Waals surface area contributed by atoms with Gasteiger partial charge in [0.05, 0.1) is 17.7 Å². The summed E-state index contributed by atoms with van der Waals surface area (Å²) in [7, 11) is -2.53. The molecule has 3 aromatic carbocycles. The zero-order valence-corrected chi connectivity index (χ0v) is 27.3. The van der Waals surface area contributed by atoms with Crippen molar-refractivity contribution < 1.29 is 22.7 Å². The summed E-state index contributed by atoms with van der Waals surface area (Å²) in [5.41, 5.74) is 3.16. The van der Waals surface area contributed by atoms with Crippen molar-refractivity contribution in [2.24, 2.45) is 0 Å². The summed E-state index contributed by atoms with van der Waals surface area (Å²) >= 11 is 0.